The normalized spacial score (nSPS) is 10.0. The van der Waals surface area contributed by atoms with E-state index in [4.69, 9.17) is 11.6 Å². The van der Waals surface area contributed by atoms with Crippen molar-refractivity contribution >= 4 is 29.3 Å². The number of hydrogen-bond donors (Lipinski definition) is 1. The van der Waals surface area contributed by atoms with Crippen LogP contribution in [-0.4, -0.2) is 28.9 Å². The van der Waals surface area contributed by atoms with E-state index < -0.39 is 0 Å². The first-order valence-corrected chi connectivity index (χ1v) is 6.25. The molecular formula is C10H13ClN2OS. The first kappa shape index (κ1) is 12.3. The van der Waals surface area contributed by atoms with E-state index in [-0.39, 0.29) is 5.91 Å². The van der Waals surface area contributed by atoms with Gasteiger partial charge in [0, 0.05) is 18.5 Å². The highest BCUT2D eigenvalue weighted by Gasteiger charge is 2.09. The number of nitrogens with one attached hydrogen (secondary N) is 1. The van der Waals surface area contributed by atoms with Gasteiger partial charge in [0.25, 0.3) is 5.91 Å². The van der Waals surface area contributed by atoms with Crippen LogP contribution in [0.3, 0.4) is 0 Å². The van der Waals surface area contributed by atoms with E-state index in [2.05, 4.69) is 17.2 Å². The summed E-state index contributed by atoms with van der Waals surface area (Å²) in [6.45, 7) is 2.73. The highest BCUT2D eigenvalue weighted by atomic mass is 35.5. The second kappa shape index (κ2) is 6.69. The third-order valence-electron chi connectivity index (χ3n) is 1.71. The molecule has 15 heavy (non-hydrogen) atoms. The summed E-state index contributed by atoms with van der Waals surface area (Å²) in [5, 5.41) is 3.16. The molecule has 5 heteroatoms. The Balaban J connectivity index is 2.44. The van der Waals surface area contributed by atoms with Gasteiger partial charge in [-0.2, -0.15) is 11.8 Å². The molecule has 0 bridgehead atoms. The van der Waals surface area contributed by atoms with Crippen LogP contribution in [-0.2, 0) is 0 Å². The van der Waals surface area contributed by atoms with Gasteiger partial charge in [-0.25, -0.2) is 4.98 Å². The molecule has 1 N–H and O–H groups in total. The topological polar surface area (TPSA) is 42.0 Å². The third kappa shape index (κ3) is 4.10. The lowest BCUT2D eigenvalue weighted by Gasteiger charge is -2.04. The van der Waals surface area contributed by atoms with E-state index in [1.807, 2.05) is 0 Å². The van der Waals surface area contributed by atoms with E-state index in [0.29, 0.717) is 17.3 Å². The lowest BCUT2D eigenvalue weighted by molar-refractivity contribution is 0.0951. The summed E-state index contributed by atoms with van der Waals surface area (Å²) in [5.41, 5.74) is 0.292. The number of thioether (sulfide) groups is 1. The van der Waals surface area contributed by atoms with Crippen LogP contribution in [0.4, 0.5) is 0 Å². The van der Waals surface area contributed by atoms with Crippen molar-refractivity contribution in [3.63, 3.8) is 0 Å². The van der Waals surface area contributed by atoms with E-state index in [0.717, 1.165) is 11.5 Å². The fourth-order valence-corrected chi connectivity index (χ4v) is 1.76. The SMILES string of the molecule is CCSCCNC(=O)c1ncccc1Cl. The minimum Gasteiger partial charge on any atom is -0.350 e. The maximum Gasteiger partial charge on any atom is 0.271 e. The Labute approximate surface area is 98.6 Å². The fourth-order valence-electron chi connectivity index (χ4n) is 1.02. The number of nitrogens with zero attached hydrogens (tertiary/aromatic N) is 1. The summed E-state index contributed by atoms with van der Waals surface area (Å²) in [4.78, 5) is 15.5. The molecule has 1 aromatic heterocycles. The van der Waals surface area contributed by atoms with Gasteiger partial charge in [-0.1, -0.05) is 18.5 Å². The van der Waals surface area contributed by atoms with Crippen LogP contribution >= 0.6 is 23.4 Å². The number of aromatic nitrogens is 1. The molecule has 1 aromatic rings. The maximum absolute atomic E-state index is 11.6. The maximum atomic E-state index is 11.6. The van der Waals surface area contributed by atoms with Crippen LogP contribution in [0.2, 0.25) is 5.02 Å². The molecule has 1 rings (SSSR count). The van der Waals surface area contributed by atoms with Crippen molar-refractivity contribution in [1.29, 1.82) is 0 Å². The molecular weight excluding hydrogens is 232 g/mol. The Kier molecular flexibility index (Phi) is 5.50. The molecule has 0 saturated carbocycles. The molecule has 0 aliphatic carbocycles. The predicted octanol–water partition coefficient (Wildman–Crippen LogP) is 2.22. The monoisotopic (exact) mass is 244 g/mol. The second-order valence-electron chi connectivity index (χ2n) is 2.79. The van der Waals surface area contributed by atoms with Gasteiger partial charge < -0.3 is 5.32 Å². The Morgan fingerprint density at radius 1 is 1.67 bits per heavy atom. The van der Waals surface area contributed by atoms with E-state index in [1.165, 1.54) is 0 Å². The first-order chi connectivity index (χ1) is 7.25. The van der Waals surface area contributed by atoms with Crippen molar-refractivity contribution in [2.24, 2.45) is 0 Å². The highest BCUT2D eigenvalue weighted by Crippen LogP contribution is 2.11. The smallest absolute Gasteiger partial charge is 0.271 e. The number of carbonyl (C=O) groups is 1. The molecule has 1 amide bonds. The summed E-state index contributed by atoms with van der Waals surface area (Å²) in [6.07, 6.45) is 1.56. The first-order valence-electron chi connectivity index (χ1n) is 4.72. The third-order valence-corrected chi connectivity index (χ3v) is 2.92. The number of hydrogen-bond acceptors (Lipinski definition) is 3. The Morgan fingerprint density at radius 3 is 3.13 bits per heavy atom. The van der Waals surface area contributed by atoms with Crippen molar-refractivity contribution in [1.82, 2.24) is 10.3 Å². The fraction of sp³-hybridized carbons (Fsp3) is 0.400. The molecule has 1 heterocycles. The van der Waals surface area contributed by atoms with Gasteiger partial charge in [-0.15, -0.1) is 0 Å². The Morgan fingerprint density at radius 2 is 2.47 bits per heavy atom. The molecule has 0 spiro atoms. The van der Waals surface area contributed by atoms with Crippen molar-refractivity contribution < 1.29 is 4.79 Å². The molecule has 0 aromatic carbocycles. The van der Waals surface area contributed by atoms with E-state index >= 15 is 0 Å². The molecule has 0 fully saturated rings. The molecule has 3 nitrogen and oxygen atoms in total. The van der Waals surface area contributed by atoms with Gasteiger partial charge in [0.15, 0.2) is 0 Å². The molecule has 0 aliphatic heterocycles. The predicted molar refractivity (Wildman–Crippen MR) is 64.6 cm³/mol. The standard InChI is InChI=1S/C10H13ClN2OS/c1-2-15-7-6-13-10(14)9-8(11)4-3-5-12-9/h3-5H,2,6-7H2,1H3,(H,13,14). The summed E-state index contributed by atoms with van der Waals surface area (Å²) in [6, 6.07) is 3.36. The summed E-state index contributed by atoms with van der Waals surface area (Å²) >= 11 is 7.61. The lowest BCUT2D eigenvalue weighted by atomic mass is 10.3. The quantitative estimate of drug-likeness (QED) is 0.808. The number of carbonyl (C=O) groups excluding carboxylic acids is 1. The van der Waals surface area contributed by atoms with Gasteiger partial charge in [-0.3, -0.25) is 4.79 Å². The van der Waals surface area contributed by atoms with Crippen LogP contribution in [0.15, 0.2) is 18.3 Å². The van der Waals surface area contributed by atoms with Crippen molar-refractivity contribution in [2.45, 2.75) is 6.92 Å². The average molecular weight is 245 g/mol. The summed E-state index contributed by atoms with van der Waals surface area (Å²) in [7, 11) is 0. The summed E-state index contributed by atoms with van der Waals surface area (Å²) < 4.78 is 0. The van der Waals surface area contributed by atoms with Gasteiger partial charge >= 0.3 is 0 Å². The van der Waals surface area contributed by atoms with E-state index in [1.54, 1.807) is 30.1 Å². The van der Waals surface area contributed by atoms with Crippen molar-refractivity contribution in [2.75, 3.05) is 18.1 Å². The average Bonchev–Trinajstić information content (AvgIpc) is 2.25. The van der Waals surface area contributed by atoms with Gasteiger partial charge in [0.1, 0.15) is 5.69 Å². The number of amides is 1. The zero-order valence-corrected chi connectivity index (χ0v) is 10.1. The van der Waals surface area contributed by atoms with Crippen LogP contribution < -0.4 is 5.32 Å². The molecule has 0 saturated heterocycles. The largest absolute Gasteiger partial charge is 0.350 e. The number of rotatable bonds is 5. The number of pyridine rings is 1. The number of halogens is 1. The Hall–Kier alpha value is -0.740. The minimum atomic E-state index is -0.211. The molecule has 0 aliphatic rings. The van der Waals surface area contributed by atoms with Crippen LogP contribution in [0.1, 0.15) is 17.4 Å². The second-order valence-corrected chi connectivity index (χ2v) is 4.59. The summed E-state index contributed by atoms with van der Waals surface area (Å²) in [5.74, 6) is 1.75. The molecule has 0 radical (unpaired) electrons. The van der Waals surface area contributed by atoms with E-state index in [9.17, 15) is 4.79 Å². The minimum absolute atomic E-state index is 0.211. The van der Waals surface area contributed by atoms with Crippen LogP contribution in [0.5, 0.6) is 0 Å². The molecule has 0 unspecified atom stereocenters. The van der Waals surface area contributed by atoms with Gasteiger partial charge in [0.05, 0.1) is 5.02 Å². The molecule has 82 valence electrons. The Bertz CT molecular complexity index is 333. The highest BCUT2D eigenvalue weighted by molar-refractivity contribution is 7.99. The van der Waals surface area contributed by atoms with Gasteiger partial charge in [-0.05, 0) is 17.9 Å². The zero-order valence-electron chi connectivity index (χ0n) is 8.50. The van der Waals surface area contributed by atoms with Crippen molar-refractivity contribution in [3.8, 4) is 0 Å². The molecule has 0 atom stereocenters. The van der Waals surface area contributed by atoms with Crippen LogP contribution in [0.25, 0.3) is 0 Å². The van der Waals surface area contributed by atoms with Gasteiger partial charge in [0.2, 0.25) is 0 Å². The van der Waals surface area contributed by atoms with Crippen molar-refractivity contribution in [3.05, 3.63) is 29.0 Å². The zero-order chi connectivity index (χ0) is 11.1. The lowest BCUT2D eigenvalue weighted by Crippen LogP contribution is -2.26. The van der Waals surface area contributed by atoms with Crippen LogP contribution in [0, 0.1) is 0 Å².